The van der Waals surface area contributed by atoms with Gasteiger partial charge in [0, 0.05) is 6.54 Å². The molecule has 1 aromatic rings. The monoisotopic (exact) mass is 273 g/mol. The minimum Gasteiger partial charge on any atom is -0.467 e. The van der Waals surface area contributed by atoms with E-state index in [9.17, 15) is 0 Å². The Labute approximate surface area is 98.6 Å². The van der Waals surface area contributed by atoms with Crippen LogP contribution in [0.25, 0.3) is 0 Å². The maximum Gasteiger partial charge on any atom is 0.131 e. The van der Waals surface area contributed by atoms with Crippen molar-refractivity contribution in [2.75, 3.05) is 19.8 Å². The molecule has 1 aromatic heterocycles. The Morgan fingerprint density at radius 3 is 3.07 bits per heavy atom. The van der Waals surface area contributed by atoms with E-state index in [1.54, 1.807) is 6.26 Å². The molecular formula is C11H16BrNO2. The fraction of sp³-hybridized carbons (Fsp3) is 0.455. The predicted octanol–water partition coefficient (Wildman–Crippen LogP) is 2.72. The minimum atomic E-state index is 0.631. The van der Waals surface area contributed by atoms with E-state index in [1.807, 2.05) is 13.0 Å². The number of halogens is 1. The summed E-state index contributed by atoms with van der Waals surface area (Å²) in [5.74, 6) is 0.912. The van der Waals surface area contributed by atoms with Gasteiger partial charge < -0.3 is 14.5 Å². The molecule has 0 bridgehead atoms. The highest BCUT2D eigenvalue weighted by Gasteiger charge is 2.01. The van der Waals surface area contributed by atoms with Crippen molar-refractivity contribution in [3.63, 3.8) is 0 Å². The van der Waals surface area contributed by atoms with Crippen LogP contribution in [0.15, 0.2) is 33.4 Å². The Morgan fingerprint density at radius 1 is 1.67 bits per heavy atom. The Kier molecular flexibility index (Phi) is 5.68. The predicted molar refractivity (Wildman–Crippen MR) is 63.7 cm³/mol. The van der Waals surface area contributed by atoms with Crippen molar-refractivity contribution in [1.82, 2.24) is 5.32 Å². The third kappa shape index (κ3) is 5.16. The van der Waals surface area contributed by atoms with E-state index in [-0.39, 0.29) is 0 Å². The molecule has 3 nitrogen and oxygen atoms in total. The average molecular weight is 274 g/mol. The van der Waals surface area contributed by atoms with Gasteiger partial charge >= 0.3 is 0 Å². The van der Waals surface area contributed by atoms with Gasteiger partial charge in [-0.25, -0.2) is 0 Å². The summed E-state index contributed by atoms with van der Waals surface area (Å²) in [4.78, 5) is 0. The standard InChI is InChI=1S/C11H16BrNO2/c1-9(2)8-14-6-4-13-7-11-10(12)3-5-15-11/h3,5,13H,1,4,6-8H2,2H3. The second-order valence-corrected chi connectivity index (χ2v) is 4.23. The molecule has 0 amide bonds. The topological polar surface area (TPSA) is 34.4 Å². The Morgan fingerprint density at radius 2 is 2.47 bits per heavy atom. The van der Waals surface area contributed by atoms with Crippen LogP contribution >= 0.6 is 15.9 Å². The molecule has 0 saturated carbocycles. The molecule has 0 aliphatic rings. The zero-order valence-electron chi connectivity index (χ0n) is 8.88. The lowest BCUT2D eigenvalue weighted by atomic mass is 10.4. The van der Waals surface area contributed by atoms with Crippen molar-refractivity contribution in [1.29, 1.82) is 0 Å². The number of furan rings is 1. The van der Waals surface area contributed by atoms with Crippen molar-refractivity contribution in [3.05, 3.63) is 34.7 Å². The van der Waals surface area contributed by atoms with Gasteiger partial charge in [-0.3, -0.25) is 0 Å². The Bertz CT molecular complexity index is 309. The van der Waals surface area contributed by atoms with Crippen molar-refractivity contribution < 1.29 is 9.15 Å². The summed E-state index contributed by atoms with van der Waals surface area (Å²) >= 11 is 3.39. The average Bonchev–Trinajstić information content (AvgIpc) is 2.57. The molecule has 0 aliphatic carbocycles. The van der Waals surface area contributed by atoms with E-state index < -0.39 is 0 Å². The molecule has 0 radical (unpaired) electrons. The third-order valence-electron chi connectivity index (χ3n) is 1.75. The summed E-state index contributed by atoms with van der Waals surface area (Å²) in [7, 11) is 0. The fourth-order valence-electron chi connectivity index (χ4n) is 1.04. The molecule has 0 aliphatic heterocycles. The van der Waals surface area contributed by atoms with E-state index in [2.05, 4.69) is 27.8 Å². The molecule has 0 fully saturated rings. The van der Waals surface area contributed by atoms with Crippen molar-refractivity contribution in [2.24, 2.45) is 0 Å². The van der Waals surface area contributed by atoms with Gasteiger partial charge in [0.2, 0.25) is 0 Å². The molecule has 4 heteroatoms. The van der Waals surface area contributed by atoms with Gasteiger partial charge in [-0.2, -0.15) is 0 Å². The van der Waals surface area contributed by atoms with Gasteiger partial charge in [0.05, 0.1) is 30.5 Å². The molecule has 0 spiro atoms. The van der Waals surface area contributed by atoms with Crippen molar-refractivity contribution in [2.45, 2.75) is 13.5 Å². The molecule has 1 N–H and O–H groups in total. The summed E-state index contributed by atoms with van der Waals surface area (Å²) in [5, 5.41) is 3.22. The van der Waals surface area contributed by atoms with Crippen LogP contribution in [-0.4, -0.2) is 19.8 Å². The molecular weight excluding hydrogens is 258 g/mol. The quantitative estimate of drug-likeness (QED) is 0.613. The zero-order valence-corrected chi connectivity index (χ0v) is 10.5. The molecule has 0 saturated heterocycles. The lowest BCUT2D eigenvalue weighted by Gasteiger charge is -2.04. The lowest BCUT2D eigenvalue weighted by molar-refractivity contribution is 0.157. The second kappa shape index (κ2) is 6.82. The number of ether oxygens (including phenoxy) is 1. The van der Waals surface area contributed by atoms with Crippen LogP contribution in [0, 0.1) is 0 Å². The van der Waals surface area contributed by atoms with Crippen LogP contribution in [0.5, 0.6) is 0 Å². The van der Waals surface area contributed by atoms with Crippen LogP contribution < -0.4 is 5.32 Å². The maximum absolute atomic E-state index is 5.34. The Balaban J connectivity index is 2.03. The summed E-state index contributed by atoms with van der Waals surface area (Å²) in [6.45, 7) is 8.55. The number of hydrogen-bond donors (Lipinski definition) is 1. The first-order valence-corrected chi connectivity index (χ1v) is 5.64. The van der Waals surface area contributed by atoms with Gasteiger partial charge in [-0.15, -0.1) is 0 Å². The van der Waals surface area contributed by atoms with Crippen LogP contribution in [-0.2, 0) is 11.3 Å². The summed E-state index contributed by atoms with van der Waals surface area (Å²) in [6, 6.07) is 1.88. The number of nitrogens with one attached hydrogen (secondary N) is 1. The fourth-order valence-corrected chi connectivity index (χ4v) is 1.39. The lowest BCUT2D eigenvalue weighted by Crippen LogP contribution is -2.19. The second-order valence-electron chi connectivity index (χ2n) is 3.38. The third-order valence-corrected chi connectivity index (χ3v) is 2.45. The summed E-state index contributed by atoms with van der Waals surface area (Å²) in [5.41, 5.74) is 1.05. The first-order valence-electron chi connectivity index (χ1n) is 4.85. The van der Waals surface area contributed by atoms with Crippen LogP contribution in [0.3, 0.4) is 0 Å². The number of hydrogen-bond acceptors (Lipinski definition) is 3. The highest BCUT2D eigenvalue weighted by Crippen LogP contribution is 2.16. The van der Waals surface area contributed by atoms with Gasteiger partial charge in [-0.05, 0) is 28.9 Å². The van der Waals surface area contributed by atoms with E-state index in [4.69, 9.17) is 9.15 Å². The van der Waals surface area contributed by atoms with E-state index in [0.717, 1.165) is 22.4 Å². The first kappa shape index (κ1) is 12.5. The molecule has 1 heterocycles. The first-order chi connectivity index (χ1) is 7.20. The highest BCUT2D eigenvalue weighted by atomic mass is 79.9. The van der Waals surface area contributed by atoms with Crippen LogP contribution in [0.4, 0.5) is 0 Å². The number of rotatable bonds is 7. The molecule has 1 rings (SSSR count). The largest absolute Gasteiger partial charge is 0.467 e. The van der Waals surface area contributed by atoms with Crippen LogP contribution in [0.2, 0.25) is 0 Å². The van der Waals surface area contributed by atoms with Gasteiger partial charge in [0.25, 0.3) is 0 Å². The van der Waals surface area contributed by atoms with Gasteiger partial charge in [0.1, 0.15) is 5.76 Å². The van der Waals surface area contributed by atoms with Gasteiger partial charge in [0.15, 0.2) is 0 Å². The minimum absolute atomic E-state index is 0.631. The normalized spacial score (nSPS) is 10.5. The summed E-state index contributed by atoms with van der Waals surface area (Å²) in [6.07, 6.45) is 1.67. The zero-order chi connectivity index (χ0) is 11.1. The highest BCUT2D eigenvalue weighted by molar-refractivity contribution is 9.10. The van der Waals surface area contributed by atoms with Gasteiger partial charge in [-0.1, -0.05) is 12.2 Å². The molecule has 0 unspecified atom stereocenters. The Hall–Kier alpha value is -0.580. The molecule has 15 heavy (non-hydrogen) atoms. The molecule has 0 aromatic carbocycles. The van der Waals surface area contributed by atoms with Crippen LogP contribution in [0.1, 0.15) is 12.7 Å². The van der Waals surface area contributed by atoms with Crippen molar-refractivity contribution in [3.8, 4) is 0 Å². The van der Waals surface area contributed by atoms with E-state index in [0.29, 0.717) is 19.8 Å². The van der Waals surface area contributed by atoms with E-state index >= 15 is 0 Å². The molecule has 0 atom stereocenters. The summed E-state index contributed by atoms with van der Waals surface area (Å²) < 4.78 is 11.6. The smallest absolute Gasteiger partial charge is 0.131 e. The SMILES string of the molecule is C=C(C)COCCNCc1occc1Br. The maximum atomic E-state index is 5.34. The molecule has 84 valence electrons. The van der Waals surface area contributed by atoms with E-state index in [1.165, 1.54) is 0 Å². The van der Waals surface area contributed by atoms with Crippen molar-refractivity contribution >= 4 is 15.9 Å².